The molecule has 0 aliphatic carbocycles. The molecule has 0 saturated carbocycles. The second-order valence-electron chi connectivity index (χ2n) is 4.73. The second kappa shape index (κ2) is 13.6. The summed E-state index contributed by atoms with van der Waals surface area (Å²) in [6.07, 6.45) is 6.39. The van der Waals surface area contributed by atoms with Crippen LogP contribution in [-0.2, 0) is 55.4 Å². The van der Waals surface area contributed by atoms with E-state index in [4.69, 9.17) is 0 Å². The third-order valence-electron chi connectivity index (χ3n) is 3.16. The molecule has 0 aliphatic rings. The van der Waals surface area contributed by atoms with Crippen LogP contribution in [0.4, 0.5) is 0 Å². The summed E-state index contributed by atoms with van der Waals surface area (Å²) in [6, 6.07) is 21.0. The van der Waals surface area contributed by atoms with Crippen molar-refractivity contribution in [2.45, 2.75) is 13.1 Å². The first-order valence-electron chi connectivity index (χ1n) is 6.53. The molecule has 1 radical (unpaired) electrons. The van der Waals surface area contributed by atoms with Crippen LogP contribution in [0.1, 0.15) is 11.1 Å². The Hall–Kier alpha value is -1.85. The molecule has 1 heterocycles. The molecule has 6 nitrogen and oxygen atoms in total. The molecule has 0 fully saturated rings. The van der Waals surface area contributed by atoms with Gasteiger partial charge >= 0.3 is 0 Å². The van der Waals surface area contributed by atoms with E-state index < -0.39 is 0 Å². The van der Waals surface area contributed by atoms with Crippen LogP contribution in [0, 0.1) is 0 Å². The fourth-order valence-electron chi connectivity index (χ4n) is 2.21. The van der Waals surface area contributed by atoms with E-state index in [9.17, 15) is 0 Å². The molecule has 0 atom stereocenters. The normalized spacial score (nSPS) is 8.33. The van der Waals surface area contributed by atoms with Gasteiger partial charge in [-0.05, 0) is 11.1 Å². The van der Waals surface area contributed by atoms with Gasteiger partial charge in [0.05, 0.1) is 0 Å². The summed E-state index contributed by atoms with van der Waals surface area (Å²) in [5.41, 5.74) is 2.65. The molecule has 7 heteroatoms. The van der Waals surface area contributed by atoms with Gasteiger partial charge in [-0.15, -0.1) is 0 Å². The summed E-state index contributed by atoms with van der Waals surface area (Å²) in [7, 11) is 0. The Morgan fingerprint density at radius 3 is 1.75 bits per heavy atom. The van der Waals surface area contributed by atoms with Crippen LogP contribution in [0.15, 0.2) is 79.4 Å². The van der Waals surface area contributed by atoms with E-state index in [-0.39, 0.29) is 42.3 Å². The number of nitrogens with zero attached hydrogens (tertiary/aromatic N) is 2. The Morgan fingerprint density at radius 1 is 0.708 bits per heavy atom. The molecule has 0 unspecified atom stereocenters. The van der Waals surface area contributed by atoms with Crippen LogP contribution in [0.2, 0.25) is 0 Å². The van der Waals surface area contributed by atoms with E-state index in [1.165, 1.54) is 11.1 Å². The fourth-order valence-corrected chi connectivity index (χ4v) is 2.21. The topological polar surface area (TPSA) is 123 Å². The molecule has 0 amide bonds. The zero-order chi connectivity index (χ0) is 12.9. The first-order chi connectivity index (χ1) is 9.40. The van der Waals surface area contributed by atoms with E-state index in [2.05, 4.69) is 88.5 Å². The molecular weight excluding hydrogens is 482 g/mol. The maximum absolute atomic E-state index is 2.21. The summed E-state index contributed by atoms with van der Waals surface area (Å²) in [6.45, 7) is 1.84. The SMILES string of the molecule is [O-2].[O-2].[O-2].[O-2].[Re].c1ccc(Cn2cc[n+](Cc3ccccc3)c2)cc1. The first kappa shape index (κ1) is 27.0. The molecular formula is C17H17N2O4Re-7. The van der Waals surface area contributed by atoms with E-state index in [0.717, 1.165) is 13.1 Å². The van der Waals surface area contributed by atoms with Gasteiger partial charge in [-0.2, -0.15) is 0 Å². The van der Waals surface area contributed by atoms with Gasteiger partial charge in [0.1, 0.15) is 25.5 Å². The Labute approximate surface area is 155 Å². The summed E-state index contributed by atoms with van der Waals surface area (Å²) in [5.74, 6) is 0. The van der Waals surface area contributed by atoms with Crippen LogP contribution in [-0.4, -0.2) is 4.57 Å². The maximum Gasteiger partial charge on any atom is 0.244 e. The van der Waals surface area contributed by atoms with Crippen molar-refractivity contribution in [2.75, 3.05) is 0 Å². The van der Waals surface area contributed by atoms with Crippen LogP contribution in [0.25, 0.3) is 0 Å². The average molecular weight is 500 g/mol. The fraction of sp³-hybridized carbons (Fsp3) is 0.118. The van der Waals surface area contributed by atoms with Gasteiger partial charge < -0.3 is 21.9 Å². The number of aromatic nitrogens is 2. The standard InChI is InChI=1S/C17H17N2.4O.Re/c1-3-7-16(8-4-1)13-18-11-12-19(15-18)14-17-9-5-2-6-10-17;;;;;/h1-12,15H,13-14H2;;;;;/q+1;4*-2;. The van der Waals surface area contributed by atoms with Crippen LogP contribution < -0.4 is 4.57 Å². The minimum Gasteiger partial charge on any atom is -2.00 e. The Bertz CT molecular complexity index is 592. The number of benzene rings is 2. The number of rotatable bonds is 4. The molecule has 0 aliphatic heterocycles. The van der Waals surface area contributed by atoms with Crippen molar-refractivity contribution in [1.29, 1.82) is 0 Å². The zero-order valence-electron chi connectivity index (χ0n) is 12.8. The minimum absolute atomic E-state index is 0. The maximum atomic E-state index is 2.21. The molecule has 24 heavy (non-hydrogen) atoms. The van der Waals surface area contributed by atoms with Gasteiger partial charge in [0, 0.05) is 20.4 Å². The van der Waals surface area contributed by atoms with Gasteiger partial charge in [0.2, 0.25) is 6.33 Å². The molecule has 3 aromatic rings. The monoisotopic (exact) mass is 500 g/mol. The Kier molecular flexibility index (Phi) is 15.3. The Morgan fingerprint density at radius 2 is 1.21 bits per heavy atom. The summed E-state index contributed by atoms with van der Waals surface area (Å²) < 4.78 is 4.41. The predicted molar refractivity (Wildman–Crippen MR) is 78.5 cm³/mol. The molecule has 0 spiro atoms. The zero-order valence-corrected chi connectivity index (χ0v) is 15.5. The van der Waals surface area contributed by atoms with Gasteiger partial charge in [0.25, 0.3) is 0 Å². The van der Waals surface area contributed by atoms with Crippen molar-refractivity contribution in [3.63, 3.8) is 0 Å². The molecule has 3 rings (SSSR count). The third kappa shape index (κ3) is 7.62. The van der Waals surface area contributed by atoms with E-state index in [1.807, 2.05) is 0 Å². The molecule has 2 aromatic carbocycles. The molecule has 0 bridgehead atoms. The van der Waals surface area contributed by atoms with Crippen molar-refractivity contribution in [1.82, 2.24) is 4.57 Å². The Balaban J connectivity index is -0.000000882. The van der Waals surface area contributed by atoms with Gasteiger partial charge in [-0.1, -0.05) is 60.7 Å². The summed E-state index contributed by atoms with van der Waals surface area (Å²) in [5, 5.41) is 0. The van der Waals surface area contributed by atoms with E-state index in [0.29, 0.717) is 0 Å². The first-order valence-corrected chi connectivity index (χ1v) is 6.53. The van der Waals surface area contributed by atoms with Crippen molar-refractivity contribution in [3.8, 4) is 0 Å². The largest absolute Gasteiger partial charge is 2.00 e. The minimum atomic E-state index is 0. The molecule has 1 aromatic heterocycles. The smallest absolute Gasteiger partial charge is 0.244 e. The molecule has 133 valence electrons. The van der Waals surface area contributed by atoms with Gasteiger partial charge in [-0.3, -0.25) is 0 Å². The quantitative estimate of drug-likeness (QED) is 0.490. The van der Waals surface area contributed by atoms with Crippen molar-refractivity contribution in [2.24, 2.45) is 0 Å². The van der Waals surface area contributed by atoms with Crippen molar-refractivity contribution < 1.29 is 46.9 Å². The van der Waals surface area contributed by atoms with E-state index in [1.54, 1.807) is 0 Å². The number of hydrogen-bond donors (Lipinski definition) is 0. The summed E-state index contributed by atoms with van der Waals surface area (Å²) in [4.78, 5) is 0. The predicted octanol–water partition coefficient (Wildman–Crippen LogP) is 2.39. The second-order valence-corrected chi connectivity index (χ2v) is 4.73. The number of hydrogen-bond acceptors (Lipinski definition) is 0. The molecule has 0 saturated heterocycles. The molecule has 0 N–H and O–H groups in total. The van der Waals surface area contributed by atoms with Crippen LogP contribution in [0.3, 0.4) is 0 Å². The van der Waals surface area contributed by atoms with Gasteiger partial charge in [0.15, 0.2) is 0 Å². The third-order valence-corrected chi connectivity index (χ3v) is 3.16. The van der Waals surface area contributed by atoms with Crippen LogP contribution >= 0.6 is 0 Å². The summed E-state index contributed by atoms with van der Waals surface area (Å²) >= 11 is 0. The van der Waals surface area contributed by atoms with Crippen LogP contribution in [0.5, 0.6) is 0 Å². The van der Waals surface area contributed by atoms with Crippen molar-refractivity contribution in [3.05, 3.63) is 90.5 Å². The van der Waals surface area contributed by atoms with Crippen molar-refractivity contribution >= 4 is 0 Å². The van der Waals surface area contributed by atoms with Gasteiger partial charge in [-0.25, -0.2) is 9.13 Å². The number of imidazole rings is 1. The average Bonchev–Trinajstić information content (AvgIpc) is 2.88. The van der Waals surface area contributed by atoms with E-state index >= 15 is 0 Å².